The predicted molar refractivity (Wildman–Crippen MR) is 121 cm³/mol. The van der Waals surface area contributed by atoms with Crippen LogP contribution in [0.25, 0.3) is 10.8 Å². The van der Waals surface area contributed by atoms with Gasteiger partial charge in [0.1, 0.15) is 0 Å². The van der Waals surface area contributed by atoms with Crippen molar-refractivity contribution in [2.24, 2.45) is 5.10 Å². The number of benzene rings is 3. The summed E-state index contributed by atoms with van der Waals surface area (Å²) in [5.74, 6) is -0.496. The zero-order chi connectivity index (χ0) is 19.9. The summed E-state index contributed by atoms with van der Waals surface area (Å²) in [5.41, 5.74) is 4.89. The minimum atomic E-state index is -0.294. The Morgan fingerprint density at radius 1 is 0.893 bits per heavy atom. The molecule has 0 bridgehead atoms. The van der Waals surface area contributed by atoms with Crippen molar-refractivity contribution in [1.29, 1.82) is 0 Å². The number of nitrogens with one attached hydrogen (secondary N) is 2. The van der Waals surface area contributed by atoms with Gasteiger partial charge in [0, 0.05) is 22.1 Å². The average Bonchev–Trinajstić information content (AvgIpc) is 2.71. The van der Waals surface area contributed by atoms with Crippen LogP contribution in [-0.4, -0.2) is 17.5 Å². The summed E-state index contributed by atoms with van der Waals surface area (Å²) in [7, 11) is 0. The maximum absolute atomic E-state index is 12.0. The first kappa shape index (κ1) is 20.0. The first-order chi connectivity index (χ1) is 13.5. The third-order valence-corrected chi connectivity index (χ3v) is 4.94. The number of rotatable bonds is 6. The van der Waals surface area contributed by atoms with Crippen LogP contribution in [0, 0.1) is 3.57 Å². The molecule has 5 nitrogen and oxygen atoms in total. The highest BCUT2D eigenvalue weighted by Gasteiger charge is 2.07. The quantitative estimate of drug-likeness (QED) is 0.302. The topological polar surface area (TPSA) is 70.6 Å². The lowest BCUT2D eigenvalue weighted by atomic mass is 10.0. The molecule has 0 saturated carbocycles. The van der Waals surface area contributed by atoms with Gasteiger partial charge in [0.2, 0.25) is 11.8 Å². The van der Waals surface area contributed by atoms with Crippen molar-refractivity contribution in [2.45, 2.75) is 19.8 Å². The second kappa shape index (κ2) is 9.45. The van der Waals surface area contributed by atoms with Crippen LogP contribution in [0.2, 0.25) is 0 Å². The molecule has 3 aromatic rings. The third kappa shape index (κ3) is 5.63. The summed E-state index contributed by atoms with van der Waals surface area (Å²) in [6.07, 6.45) is 0.174. The molecular weight excluding hydrogens is 465 g/mol. The Labute approximate surface area is 177 Å². The molecule has 0 radical (unpaired) electrons. The van der Waals surface area contributed by atoms with Gasteiger partial charge in [0.15, 0.2) is 0 Å². The number of anilines is 1. The van der Waals surface area contributed by atoms with Gasteiger partial charge < -0.3 is 5.32 Å². The highest BCUT2D eigenvalue weighted by Crippen LogP contribution is 2.16. The standard InChI is InChI=1S/C22H20IN3O2/c1-15(17-7-6-16-4-2-3-5-18(16)14-17)25-26-22(28)13-12-21(27)24-20-10-8-19(23)9-11-20/h2-11,14H,12-13H2,1H3,(H,24,27)(H,26,28)/b25-15-. The first-order valence-corrected chi connectivity index (χ1v) is 9.97. The predicted octanol–water partition coefficient (Wildman–Crippen LogP) is 4.70. The Balaban J connectivity index is 1.50. The SMILES string of the molecule is C/C(=N/NC(=O)CCC(=O)Nc1ccc(I)cc1)c1ccc2ccccc2c1. The molecule has 6 heteroatoms. The van der Waals surface area contributed by atoms with E-state index >= 15 is 0 Å². The van der Waals surface area contributed by atoms with E-state index in [0.717, 1.165) is 25.6 Å². The summed E-state index contributed by atoms with van der Waals surface area (Å²) in [4.78, 5) is 24.0. The second-order valence-corrected chi connectivity index (χ2v) is 7.59. The molecule has 2 N–H and O–H groups in total. The molecule has 0 aliphatic heterocycles. The van der Waals surface area contributed by atoms with E-state index in [-0.39, 0.29) is 24.7 Å². The number of hydrogen-bond acceptors (Lipinski definition) is 3. The van der Waals surface area contributed by atoms with Crippen molar-refractivity contribution in [1.82, 2.24) is 5.43 Å². The zero-order valence-corrected chi connectivity index (χ0v) is 17.6. The molecule has 0 unspecified atom stereocenters. The molecule has 3 rings (SSSR count). The van der Waals surface area contributed by atoms with Crippen molar-refractivity contribution in [3.8, 4) is 0 Å². The van der Waals surface area contributed by atoms with Crippen LogP contribution in [-0.2, 0) is 9.59 Å². The third-order valence-electron chi connectivity index (χ3n) is 4.22. The van der Waals surface area contributed by atoms with Crippen molar-refractivity contribution >= 4 is 56.6 Å². The van der Waals surface area contributed by atoms with Crippen LogP contribution >= 0.6 is 22.6 Å². The Morgan fingerprint density at radius 2 is 1.57 bits per heavy atom. The van der Waals surface area contributed by atoms with Gasteiger partial charge in [-0.05, 0) is 76.2 Å². The van der Waals surface area contributed by atoms with Gasteiger partial charge >= 0.3 is 0 Å². The molecule has 0 heterocycles. The molecule has 0 fully saturated rings. The molecule has 0 aromatic heterocycles. The van der Waals surface area contributed by atoms with Crippen LogP contribution < -0.4 is 10.7 Å². The van der Waals surface area contributed by atoms with Gasteiger partial charge in [-0.1, -0.05) is 36.4 Å². The van der Waals surface area contributed by atoms with Gasteiger partial charge in [-0.3, -0.25) is 9.59 Å². The Bertz CT molecular complexity index is 1030. The minimum absolute atomic E-state index is 0.0741. The average molecular weight is 485 g/mol. The lowest BCUT2D eigenvalue weighted by Gasteiger charge is -2.06. The molecule has 2 amide bonds. The molecule has 28 heavy (non-hydrogen) atoms. The highest BCUT2D eigenvalue weighted by molar-refractivity contribution is 14.1. The van der Waals surface area contributed by atoms with Crippen molar-refractivity contribution in [3.63, 3.8) is 0 Å². The Morgan fingerprint density at radius 3 is 2.32 bits per heavy atom. The zero-order valence-electron chi connectivity index (χ0n) is 15.4. The lowest BCUT2D eigenvalue weighted by Crippen LogP contribution is -2.21. The number of carbonyl (C=O) groups excluding carboxylic acids is 2. The largest absolute Gasteiger partial charge is 0.326 e. The van der Waals surface area contributed by atoms with Crippen LogP contribution in [0.15, 0.2) is 71.8 Å². The fraction of sp³-hybridized carbons (Fsp3) is 0.136. The normalized spacial score (nSPS) is 11.3. The van der Waals surface area contributed by atoms with E-state index in [2.05, 4.69) is 44.5 Å². The minimum Gasteiger partial charge on any atom is -0.326 e. The summed E-state index contributed by atoms with van der Waals surface area (Å²) in [5, 5.41) is 9.20. The molecule has 142 valence electrons. The van der Waals surface area contributed by atoms with Crippen LogP contribution in [0.3, 0.4) is 0 Å². The number of halogens is 1. The summed E-state index contributed by atoms with van der Waals surface area (Å²) in [6, 6.07) is 21.6. The van der Waals surface area contributed by atoms with E-state index in [4.69, 9.17) is 0 Å². The number of carbonyl (C=O) groups is 2. The smallest absolute Gasteiger partial charge is 0.240 e. The Hall–Kier alpha value is -2.74. The monoisotopic (exact) mass is 485 g/mol. The van der Waals surface area contributed by atoms with Crippen LogP contribution in [0.4, 0.5) is 5.69 Å². The molecule has 0 spiro atoms. The molecule has 0 aliphatic carbocycles. The van der Waals surface area contributed by atoms with Crippen LogP contribution in [0.1, 0.15) is 25.3 Å². The van der Waals surface area contributed by atoms with Gasteiger partial charge in [0.25, 0.3) is 0 Å². The summed E-state index contributed by atoms with van der Waals surface area (Å²) < 4.78 is 1.09. The number of nitrogens with zero attached hydrogens (tertiary/aromatic N) is 1. The van der Waals surface area contributed by atoms with E-state index in [1.54, 1.807) is 0 Å². The molecule has 0 aliphatic rings. The Kier molecular flexibility index (Phi) is 6.76. The van der Waals surface area contributed by atoms with Crippen molar-refractivity contribution in [3.05, 3.63) is 75.9 Å². The highest BCUT2D eigenvalue weighted by atomic mass is 127. The van der Waals surface area contributed by atoms with E-state index in [9.17, 15) is 9.59 Å². The first-order valence-electron chi connectivity index (χ1n) is 8.89. The molecule has 0 saturated heterocycles. The second-order valence-electron chi connectivity index (χ2n) is 6.35. The van der Waals surface area contributed by atoms with E-state index in [1.165, 1.54) is 0 Å². The van der Waals surface area contributed by atoms with Gasteiger partial charge in [-0.2, -0.15) is 5.10 Å². The molecule has 0 atom stereocenters. The number of amides is 2. The fourth-order valence-electron chi connectivity index (χ4n) is 2.66. The van der Waals surface area contributed by atoms with Gasteiger partial charge in [0.05, 0.1) is 5.71 Å². The summed E-state index contributed by atoms with van der Waals surface area (Å²) >= 11 is 2.20. The number of fused-ring (bicyclic) bond motifs is 1. The number of hydrogen-bond donors (Lipinski definition) is 2. The van der Waals surface area contributed by atoms with Crippen molar-refractivity contribution in [2.75, 3.05) is 5.32 Å². The number of hydrazone groups is 1. The maximum Gasteiger partial charge on any atom is 0.240 e. The van der Waals surface area contributed by atoms with E-state index in [1.807, 2.05) is 67.6 Å². The fourth-order valence-corrected chi connectivity index (χ4v) is 3.02. The van der Waals surface area contributed by atoms with Crippen molar-refractivity contribution < 1.29 is 9.59 Å². The van der Waals surface area contributed by atoms with Gasteiger partial charge in [-0.25, -0.2) is 5.43 Å². The molecular formula is C22H20IN3O2. The maximum atomic E-state index is 12.0. The lowest BCUT2D eigenvalue weighted by molar-refractivity contribution is -0.124. The van der Waals surface area contributed by atoms with Crippen LogP contribution in [0.5, 0.6) is 0 Å². The summed E-state index contributed by atoms with van der Waals surface area (Å²) in [6.45, 7) is 1.84. The molecule has 3 aromatic carbocycles. The van der Waals surface area contributed by atoms with Gasteiger partial charge in [-0.15, -0.1) is 0 Å². The van der Waals surface area contributed by atoms with E-state index in [0.29, 0.717) is 5.71 Å². The van der Waals surface area contributed by atoms with E-state index < -0.39 is 0 Å².